The van der Waals surface area contributed by atoms with Crippen molar-refractivity contribution in [3.8, 4) is 22.8 Å². The van der Waals surface area contributed by atoms with Gasteiger partial charge >= 0.3 is 5.97 Å². The Morgan fingerprint density at radius 3 is 2.14 bits per heavy atom. The van der Waals surface area contributed by atoms with Crippen molar-refractivity contribution >= 4 is 5.97 Å². The van der Waals surface area contributed by atoms with Gasteiger partial charge < -0.3 is 9.84 Å². The second kappa shape index (κ2) is 13.0. The number of pyridine rings is 3. The summed E-state index contributed by atoms with van der Waals surface area (Å²) in [6.45, 7) is 0. The van der Waals surface area contributed by atoms with Crippen molar-refractivity contribution in [2.75, 3.05) is 0 Å². The molecule has 219 valence electrons. The molecule has 9 heteroatoms. The maximum Gasteiger partial charge on any atom is 0.354 e. The molecule has 0 unspecified atom stereocenters. The van der Waals surface area contributed by atoms with Gasteiger partial charge in [-0.3, -0.25) is 9.97 Å². The van der Waals surface area contributed by atoms with Crippen molar-refractivity contribution < 1.29 is 43.5 Å². The van der Waals surface area contributed by atoms with Gasteiger partial charge in [0.2, 0.25) is 0 Å². The molecule has 44 heavy (non-hydrogen) atoms. The molecule has 0 aliphatic carbocycles. The van der Waals surface area contributed by atoms with Gasteiger partial charge in [0.25, 0.3) is 0 Å². The normalized spacial score (nSPS) is 14.4. The van der Waals surface area contributed by atoms with E-state index < -0.39 is 23.0 Å². The standard InChI is InChI=1S/C29H16F2N2O.C6H5NO2.Ir/c30-22-13-6-11-20-27(22)34-28-21(12-7-14-23(28)31)29(20,25-16-4-5-18-32-25)26-17-8-15-24(33-26)19-9-2-1-3-10-19;8-6(9)5-3-1-2-4-7-5;/h1-9,11,13-18H;1-4H,(H,8,9);/q-2;;/t29-;;/m0../s1. The molecular weight excluding hydrogens is 741 g/mol. The second-order valence-corrected chi connectivity index (χ2v) is 9.42. The SMILES string of the molecule is Fc1cc[c-]c2c1Oc1c(F)cccc1[C@]2(c1ccccn1)c1cccc(-c2[c-]cccc2)n1.O=C(O)c1ccccn1.[Ir]. The quantitative estimate of drug-likeness (QED) is 0.190. The van der Waals surface area contributed by atoms with Gasteiger partial charge in [-0.15, -0.1) is 42.0 Å². The van der Waals surface area contributed by atoms with E-state index in [2.05, 4.69) is 22.1 Å². The van der Waals surface area contributed by atoms with Crippen LogP contribution in [-0.4, -0.2) is 26.0 Å². The van der Waals surface area contributed by atoms with Crippen LogP contribution in [0.3, 0.4) is 0 Å². The predicted octanol–water partition coefficient (Wildman–Crippen LogP) is 7.29. The third-order valence-corrected chi connectivity index (χ3v) is 6.90. The van der Waals surface area contributed by atoms with E-state index in [0.717, 1.165) is 5.56 Å². The van der Waals surface area contributed by atoms with Crippen LogP contribution in [0.5, 0.6) is 11.5 Å². The van der Waals surface area contributed by atoms with Crippen LogP contribution in [0.4, 0.5) is 8.78 Å². The van der Waals surface area contributed by atoms with Crippen LogP contribution < -0.4 is 4.74 Å². The number of aromatic carboxylic acids is 1. The van der Waals surface area contributed by atoms with Gasteiger partial charge in [-0.1, -0.05) is 42.0 Å². The summed E-state index contributed by atoms with van der Waals surface area (Å²) in [6.07, 6.45) is 3.10. The molecule has 0 bridgehead atoms. The third kappa shape index (κ3) is 5.51. The van der Waals surface area contributed by atoms with E-state index >= 15 is 8.78 Å². The summed E-state index contributed by atoms with van der Waals surface area (Å²) in [5.41, 5.74) is 2.24. The van der Waals surface area contributed by atoms with Gasteiger partial charge in [-0.2, -0.15) is 12.1 Å². The van der Waals surface area contributed by atoms with Crippen molar-refractivity contribution in [1.82, 2.24) is 15.0 Å². The Hall–Kier alpha value is -5.11. The summed E-state index contributed by atoms with van der Waals surface area (Å²) in [6, 6.07) is 37.1. The summed E-state index contributed by atoms with van der Waals surface area (Å²) >= 11 is 0. The fourth-order valence-corrected chi connectivity index (χ4v) is 5.07. The smallest absolute Gasteiger partial charge is 0.354 e. The van der Waals surface area contributed by atoms with Crippen molar-refractivity contribution in [3.63, 3.8) is 0 Å². The van der Waals surface area contributed by atoms with Crippen molar-refractivity contribution in [3.05, 3.63) is 174 Å². The number of halogens is 2. The summed E-state index contributed by atoms with van der Waals surface area (Å²) in [4.78, 5) is 23.3. The number of nitrogens with zero attached hydrogens (tertiary/aromatic N) is 3. The van der Waals surface area contributed by atoms with Gasteiger partial charge in [0.1, 0.15) is 5.69 Å². The number of aromatic nitrogens is 3. The molecule has 3 aromatic carbocycles. The number of hydrogen-bond acceptors (Lipinski definition) is 5. The van der Waals surface area contributed by atoms with E-state index in [1.54, 1.807) is 36.5 Å². The molecule has 1 N–H and O–H groups in total. The minimum absolute atomic E-state index is 0. The molecule has 0 saturated heterocycles. The summed E-state index contributed by atoms with van der Waals surface area (Å²) < 4.78 is 36.0. The zero-order valence-corrected chi connectivity index (χ0v) is 25.1. The molecule has 1 radical (unpaired) electrons. The third-order valence-electron chi connectivity index (χ3n) is 6.90. The molecule has 3 aromatic heterocycles. The number of carbonyl (C=O) groups is 1. The van der Waals surface area contributed by atoms with E-state index in [4.69, 9.17) is 14.8 Å². The van der Waals surface area contributed by atoms with Crippen molar-refractivity contribution in [1.29, 1.82) is 0 Å². The molecular formula is C35H21F2IrN3O3-2. The topological polar surface area (TPSA) is 85.2 Å². The Balaban J connectivity index is 0.000000333. The molecule has 0 amide bonds. The largest absolute Gasteiger partial charge is 0.511 e. The average Bonchev–Trinajstić information content (AvgIpc) is 3.06. The average molecular weight is 762 g/mol. The molecule has 1 aliphatic heterocycles. The molecule has 0 fully saturated rings. The first-order valence-electron chi connectivity index (χ1n) is 13.2. The number of hydrogen-bond donors (Lipinski definition) is 1. The number of fused-ring (bicyclic) bond motifs is 2. The van der Waals surface area contributed by atoms with Crippen LogP contribution in [0.2, 0.25) is 0 Å². The van der Waals surface area contributed by atoms with E-state index in [-0.39, 0.29) is 37.3 Å². The molecule has 7 rings (SSSR count). The molecule has 0 spiro atoms. The van der Waals surface area contributed by atoms with E-state index in [1.807, 2.05) is 54.6 Å². The molecule has 6 nitrogen and oxygen atoms in total. The molecule has 1 atom stereocenters. The minimum atomic E-state index is -1.26. The Morgan fingerprint density at radius 2 is 1.45 bits per heavy atom. The fourth-order valence-electron chi connectivity index (χ4n) is 5.07. The number of ether oxygens (including phenoxy) is 1. The zero-order valence-electron chi connectivity index (χ0n) is 22.7. The molecule has 0 saturated carbocycles. The minimum Gasteiger partial charge on any atom is -0.511 e. The summed E-state index contributed by atoms with van der Waals surface area (Å²) in [5.74, 6) is -2.35. The van der Waals surface area contributed by atoms with Crippen LogP contribution in [0.25, 0.3) is 11.3 Å². The van der Waals surface area contributed by atoms with Crippen molar-refractivity contribution in [2.45, 2.75) is 5.41 Å². The molecule has 6 aromatic rings. The summed E-state index contributed by atoms with van der Waals surface area (Å²) in [5, 5.41) is 8.32. The number of rotatable bonds is 4. The summed E-state index contributed by atoms with van der Waals surface area (Å²) in [7, 11) is 0. The number of para-hydroxylation sites is 1. The first-order chi connectivity index (χ1) is 21.0. The van der Waals surface area contributed by atoms with Crippen molar-refractivity contribution in [2.24, 2.45) is 0 Å². The molecule has 4 heterocycles. The zero-order chi connectivity index (χ0) is 29.8. The number of benzene rings is 3. The number of carboxylic acids is 1. The van der Waals surface area contributed by atoms with Gasteiger partial charge in [-0.05, 0) is 42.1 Å². The predicted molar refractivity (Wildman–Crippen MR) is 155 cm³/mol. The van der Waals surface area contributed by atoms with Gasteiger partial charge in [-0.25, -0.2) is 18.6 Å². The molecule has 1 aliphatic rings. The Bertz CT molecular complexity index is 1860. The first-order valence-corrected chi connectivity index (χ1v) is 13.2. The van der Waals surface area contributed by atoms with Crippen LogP contribution in [0.1, 0.15) is 33.0 Å². The van der Waals surface area contributed by atoms with Crippen LogP contribution >= 0.6 is 0 Å². The monoisotopic (exact) mass is 762 g/mol. The fraction of sp³-hybridized carbons (Fsp3) is 0.0286. The first kappa shape index (κ1) is 30.4. The Kier molecular flexibility index (Phi) is 8.99. The maximum atomic E-state index is 15.1. The van der Waals surface area contributed by atoms with Gasteiger partial charge in [0.15, 0.2) is 11.6 Å². The van der Waals surface area contributed by atoms with Gasteiger partial charge in [0, 0.05) is 43.8 Å². The maximum absolute atomic E-state index is 15.1. The Labute approximate surface area is 265 Å². The second-order valence-electron chi connectivity index (χ2n) is 9.42. The van der Waals surface area contributed by atoms with E-state index in [9.17, 15) is 4.79 Å². The van der Waals surface area contributed by atoms with Crippen LogP contribution in [0, 0.1) is 23.8 Å². The van der Waals surface area contributed by atoms with Crippen LogP contribution in [-0.2, 0) is 25.5 Å². The Morgan fingerprint density at radius 1 is 0.727 bits per heavy atom. The van der Waals surface area contributed by atoms with Gasteiger partial charge in [0.05, 0.1) is 22.7 Å². The van der Waals surface area contributed by atoms with E-state index in [0.29, 0.717) is 28.2 Å². The van der Waals surface area contributed by atoms with Crippen LogP contribution in [0.15, 0.2) is 122 Å². The van der Waals surface area contributed by atoms with E-state index in [1.165, 1.54) is 30.5 Å². The number of carboxylic acid groups (broad SMARTS) is 1.